The van der Waals surface area contributed by atoms with E-state index < -0.39 is 6.04 Å². The number of carbonyl (C=O) groups is 3. The molecule has 3 amide bonds. The summed E-state index contributed by atoms with van der Waals surface area (Å²) in [7, 11) is 0. The Morgan fingerprint density at radius 3 is 2.78 bits per heavy atom. The predicted molar refractivity (Wildman–Crippen MR) is 106 cm³/mol. The van der Waals surface area contributed by atoms with Gasteiger partial charge in [-0.1, -0.05) is 28.4 Å². The van der Waals surface area contributed by atoms with E-state index in [0.717, 1.165) is 36.6 Å². The topological polar surface area (TPSA) is 78.5 Å². The summed E-state index contributed by atoms with van der Waals surface area (Å²) in [6, 6.07) is 5.77. The SMILES string of the molecule is CC(=O)NCC(=O)N1CCCC1C(=O)NC1CCCCc2cc(Br)ccc21. The highest BCUT2D eigenvalue weighted by molar-refractivity contribution is 9.10. The third-order valence-corrected chi connectivity index (χ3v) is 5.84. The maximum Gasteiger partial charge on any atom is 0.243 e. The first-order valence-corrected chi connectivity index (χ1v) is 10.4. The number of nitrogens with one attached hydrogen (secondary N) is 2. The van der Waals surface area contributed by atoms with Gasteiger partial charge < -0.3 is 15.5 Å². The second-order valence-corrected chi connectivity index (χ2v) is 8.22. The van der Waals surface area contributed by atoms with Gasteiger partial charge in [0.2, 0.25) is 17.7 Å². The zero-order valence-corrected chi connectivity index (χ0v) is 17.2. The molecule has 2 N–H and O–H groups in total. The first-order chi connectivity index (χ1) is 13.0. The zero-order valence-electron chi connectivity index (χ0n) is 15.6. The number of amides is 3. The second kappa shape index (κ2) is 8.87. The van der Waals surface area contributed by atoms with Crippen molar-refractivity contribution in [1.29, 1.82) is 0 Å². The van der Waals surface area contributed by atoms with Crippen LogP contribution in [0.25, 0.3) is 0 Å². The Balaban J connectivity index is 1.69. The van der Waals surface area contributed by atoms with Crippen molar-refractivity contribution in [3.8, 4) is 0 Å². The van der Waals surface area contributed by atoms with E-state index in [9.17, 15) is 14.4 Å². The normalized spacial score (nSPS) is 21.9. The first-order valence-electron chi connectivity index (χ1n) is 9.58. The standard InChI is InChI=1S/C20H26BrN3O3/c1-13(25)22-12-19(26)24-10-4-7-18(24)20(27)23-17-6-3-2-5-14-11-15(21)8-9-16(14)17/h8-9,11,17-18H,2-7,10,12H2,1H3,(H,22,25)(H,23,27). The average Bonchev–Trinajstić information content (AvgIpc) is 3.04. The molecule has 1 saturated heterocycles. The van der Waals surface area contributed by atoms with E-state index in [2.05, 4.69) is 38.7 Å². The number of benzene rings is 1. The van der Waals surface area contributed by atoms with Gasteiger partial charge in [0, 0.05) is 17.9 Å². The molecule has 1 aromatic rings. The highest BCUT2D eigenvalue weighted by atomic mass is 79.9. The lowest BCUT2D eigenvalue weighted by Gasteiger charge is -2.27. The van der Waals surface area contributed by atoms with Crippen LogP contribution >= 0.6 is 15.9 Å². The smallest absolute Gasteiger partial charge is 0.243 e. The summed E-state index contributed by atoms with van der Waals surface area (Å²) in [6.45, 7) is 1.88. The molecular formula is C20H26BrN3O3. The van der Waals surface area contributed by atoms with Crippen LogP contribution in [0.2, 0.25) is 0 Å². The minimum absolute atomic E-state index is 0.0176. The van der Waals surface area contributed by atoms with Crippen molar-refractivity contribution in [2.75, 3.05) is 13.1 Å². The van der Waals surface area contributed by atoms with Crippen molar-refractivity contribution < 1.29 is 14.4 Å². The van der Waals surface area contributed by atoms with Gasteiger partial charge in [0.25, 0.3) is 0 Å². The fourth-order valence-electron chi connectivity index (χ4n) is 4.01. The highest BCUT2D eigenvalue weighted by Gasteiger charge is 2.35. The van der Waals surface area contributed by atoms with Gasteiger partial charge in [-0.15, -0.1) is 0 Å². The quantitative estimate of drug-likeness (QED) is 0.712. The number of hydrogen-bond acceptors (Lipinski definition) is 3. The molecule has 1 heterocycles. The summed E-state index contributed by atoms with van der Waals surface area (Å²) < 4.78 is 1.05. The van der Waals surface area contributed by atoms with Gasteiger partial charge in [-0.2, -0.15) is 0 Å². The largest absolute Gasteiger partial charge is 0.347 e. The summed E-state index contributed by atoms with van der Waals surface area (Å²) in [5, 5.41) is 5.71. The molecule has 7 heteroatoms. The van der Waals surface area contributed by atoms with Crippen LogP contribution in [0, 0.1) is 0 Å². The van der Waals surface area contributed by atoms with E-state index in [-0.39, 0.29) is 30.3 Å². The summed E-state index contributed by atoms with van der Waals surface area (Å²) in [5.74, 6) is -0.540. The van der Waals surface area contributed by atoms with Crippen LogP contribution in [0.5, 0.6) is 0 Å². The van der Waals surface area contributed by atoms with Gasteiger partial charge in [0.1, 0.15) is 6.04 Å². The van der Waals surface area contributed by atoms with Gasteiger partial charge >= 0.3 is 0 Å². The van der Waals surface area contributed by atoms with Crippen molar-refractivity contribution in [2.45, 2.75) is 57.5 Å². The minimum atomic E-state index is -0.451. The van der Waals surface area contributed by atoms with Crippen molar-refractivity contribution in [3.05, 3.63) is 33.8 Å². The van der Waals surface area contributed by atoms with Crippen molar-refractivity contribution in [1.82, 2.24) is 15.5 Å². The molecule has 3 rings (SSSR count). The summed E-state index contributed by atoms with van der Waals surface area (Å²) in [4.78, 5) is 38.0. The Hall–Kier alpha value is -1.89. The lowest BCUT2D eigenvalue weighted by atomic mass is 9.98. The van der Waals surface area contributed by atoms with Gasteiger partial charge in [0.05, 0.1) is 12.6 Å². The number of rotatable bonds is 4. The molecule has 1 aliphatic heterocycles. The monoisotopic (exact) mass is 435 g/mol. The van der Waals surface area contributed by atoms with Crippen LogP contribution < -0.4 is 10.6 Å². The van der Waals surface area contributed by atoms with Crippen molar-refractivity contribution in [2.24, 2.45) is 0 Å². The molecule has 0 bridgehead atoms. The van der Waals surface area contributed by atoms with E-state index in [4.69, 9.17) is 0 Å². The van der Waals surface area contributed by atoms with Crippen LogP contribution in [0.4, 0.5) is 0 Å². The Labute approximate surface area is 168 Å². The van der Waals surface area contributed by atoms with E-state index in [1.165, 1.54) is 18.1 Å². The van der Waals surface area contributed by atoms with E-state index in [0.29, 0.717) is 13.0 Å². The molecule has 1 aromatic carbocycles. The summed E-state index contributed by atoms with van der Waals surface area (Å²) in [5.41, 5.74) is 2.45. The van der Waals surface area contributed by atoms with Gasteiger partial charge in [-0.05, 0) is 55.4 Å². The number of hydrogen-bond donors (Lipinski definition) is 2. The number of carbonyl (C=O) groups excluding carboxylic acids is 3. The molecule has 0 saturated carbocycles. The van der Waals surface area contributed by atoms with Crippen LogP contribution in [-0.4, -0.2) is 41.8 Å². The molecule has 0 spiro atoms. The van der Waals surface area contributed by atoms with Crippen LogP contribution in [0.3, 0.4) is 0 Å². The average molecular weight is 436 g/mol. The third-order valence-electron chi connectivity index (χ3n) is 5.35. The van der Waals surface area contributed by atoms with Crippen LogP contribution in [0.15, 0.2) is 22.7 Å². The molecule has 27 heavy (non-hydrogen) atoms. The molecule has 2 aliphatic rings. The molecular weight excluding hydrogens is 410 g/mol. The van der Waals surface area contributed by atoms with Crippen molar-refractivity contribution in [3.63, 3.8) is 0 Å². The maximum atomic E-state index is 13.0. The summed E-state index contributed by atoms with van der Waals surface area (Å²) >= 11 is 3.53. The van der Waals surface area contributed by atoms with Crippen molar-refractivity contribution >= 4 is 33.7 Å². The lowest BCUT2D eigenvalue weighted by Crippen LogP contribution is -2.49. The zero-order chi connectivity index (χ0) is 19.4. The molecule has 6 nitrogen and oxygen atoms in total. The number of nitrogens with zero attached hydrogens (tertiary/aromatic N) is 1. The molecule has 1 aliphatic carbocycles. The van der Waals surface area contributed by atoms with E-state index >= 15 is 0 Å². The first kappa shape index (κ1) is 19.9. The lowest BCUT2D eigenvalue weighted by molar-refractivity contribution is -0.138. The Morgan fingerprint density at radius 1 is 1.19 bits per heavy atom. The molecule has 146 valence electrons. The number of likely N-dealkylation sites (tertiary alicyclic amines) is 1. The number of aryl methyl sites for hydroxylation is 1. The Bertz CT molecular complexity index is 737. The van der Waals surface area contributed by atoms with Gasteiger partial charge in [-0.25, -0.2) is 0 Å². The maximum absolute atomic E-state index is 13.0. The van der Waals surface area contributed by atoms with Crippen LogP contribution in [0.1, 0.15) is 56.2 Å². The summed E-state index contributed by atoms with van der Waals surface area (Å²) in [6.07, 6.45) is 5.57. The third kappa shape index (κ3) is 4.89. The highest BCUT2D eigenvalue weighted by Crippen LogP contribution is 2.31. The molecule has 0 radical (unpaired) electrons. The number of fused-ring (bicyclic) bond motifs is 1. The van der Waals surface area contributed by atoms with E-state index in [1.54, 1.807) is 4.90 Å². The molecule has 2 unspecified atom stereocenters. The fraction of sp³-hybridized carbons (Fsp3) is 0.550. The number of halogens is 1. The molecule has 0 aromatic heterocycles. The molecule has 2 atom stereocenters. The Morgan fingerprint density at radius 2 is 2.00 bits per heavy atom. The van der Waals surface area contributed by atoms with E-state index in [1.807, 2.05) is 6.07 Å². The minimum Gasteiger partial charge on any atom is -0.347 e. The Kier molecular flexibility index (Phi) is 6.52. The van der Waals surface area contributed by atoms with Crippen LogP contribution in [-0.2, 0) is 20.8 Å². The van der Waals surface area contributed by atoms with Gasteiger partial charge in [0.15, 0.2) is 0 Å². The predicted octanol–water partition coefficient (Wildman–Crippen LogP) is 2.46. The second-order valence-electron chi connectivity index (χ2n) is 7.30. The fourth-order valence-corrected chi connectivity index (χ4v) is 4.42. The molecule has 1 fully saturated rings. The van der Waals surface area contributed by atoms with Gasteiger partial charge in [-0.3, -0.25) is 14.4 Å².